The zero-order valence-electron chi connectivity index (χ0n) is 7.40. The molecule has 0 aromatic carbocycles. The molecule has 74 valence electrons. The Hall–Kier alpha value is -1.10. The molecule has 1 fully saturated rings. The van der Waals surface area contributed by atoms with Gasteiger partial charge >= 0.3 is 5.97 Å². The minimum absolute atomic E-state index is 0.209. The quantitative estimate of drug-likeness (QED) is 0.876. The average molecular weight is 257 g/mol. The number of hydrogen-bond acceptors (Lipinski definition) is 3. The molecule has 2 heterocycles. The number of carboxylic acid groups (broad SMARTS) is 1. The largest absolute Gasteiger partial charge is 0.478 e. The summed E-state index contributed by atoms with van der Waals surface area (Å²) < 4.78 is 0.747. The van der Waals surface area contributed by atoms with Gasteiger partial charge in [-0.15, -0.1) is 0 Å². The number of carboxylic acids is 1. The van der Waals surface area contributed by atoms with Crippen LogP contribution in [0.5, 0.6) is 0 Å². The summed E-state index contributed by atoms with van der Waals surface area (Å²) in [5, 5.41) is 8.74. The van der Waals surface area contributed by atoms with Crippen LogP contribution in [-0.2, 0) is 0 Å². The maximum Gasteiger partial charge on any atom is 0.337 e. The van der Waals surface area contributed by atoms with Crippen LogP contribution in [0.1, 0.15) is 16.8 Å². The number of carbonyl (C=O) groups is 1. The Kier molecular flexibility index (Phi) is 2.41. The molecule has 4 nitrogen and oxygen atoms in total. The van der Waals surface area contributed by atoms with Gasteiger partial charge in [0.15, 0.2) is 0 Å². The van der Waals surface area contributed by atoms with Crippen LogP contribution >= 0.6 is 15.9 Å². The lowest BCUT2D eigenvalue weighted by Crippen LogP contribution is -2.37. The molecule has 14 heavy (non-hydrogen) atoms. The Morgan fingerprint density at radius 2 is 2.29 bits per heavy atom. The predicted octanol–water partition coefficient (Wildman–Crippen LogP) is 1.75. The number of aromatic carboxylic acids is 1. The van der Waals surface area contributed by atoms with Crippen LogP contribution < -0.4 is 4.90 Å². The van der Waals surface area contributed by atoms with Gasteiger partial charge in [0.05, 0.1) is 10.0 Å². The summed E-state index contributed by atoms with van der Waals surface area (Å²) in [6.45, 7) is 2.00. The maximum absolute atomic E-state index is 10.6. The summed E-state index contributed by atoms with van der Waals surface area (Å²) in [6, 6.07) is 1.59. The molecule has 0 aliphatic carbocycles. The third kappa shape index (κ3) is 1.59. The van der Waals surface area contributed by atoms with Crippen molar-refractivity contribution in [1.82, 2.24) is 4.98 Å². The minimum atomic E-state index is -0.951. The van der Waals surface area contributed by atoms with Crippen LogP contribution in [-0.4, -0.2) is 29.1 Å². The fourth-order valence-electron chi connectivity index (χ4n) is 1.31. The lowest BCUT2D eigenvalue weighted by Gasteiger charge is -2.32. The minimum Gasteiger partial charge on any atom is -0.478 e. The van der Waals surface area contributed by atoms with Gasteiger partial charge in [0.1, 0.15) is 5.82 Å². The van der Waals surface area contributed by atoms with Crippen molar-refractivity contribution in [3.05, 3.63) is 22.3 Å². The third-order valence-corrected chi connectivity index (χ3v) is 2.81. The number of aromatic nitrogens is 1. The Balaban J connectivity index is 2.30. The molecule has 1 aliphatic heterocycles. The van der Waals surface area contributed by atoms with Crippen LogP contribution in [0.4, 0.5) is 5.82 Å². The number of anilines is 1. The molecular weight excluding hydrogens is 248 g/mol. The zero-order valence-corrected chi connectivity index (χ0v) is 8.99. The molecule has 0 spiro atoms. The lowest BCUT2D eigenvalue weighted by atomic mass is 10.2. The van der Waals surface area contributed by atoms with E-state index in [4.69, 9.17) is 5.11 Å². The van der Waals surface area contributed by atoms with E-state index in [9.17, 15) is 4.79 Å². The van der Waals surface area contributed by atoms with E-state index in [1.54, 1.807) is 6.07 Å². The second-order valence-corrected chi connectivity index (χ2v) is 4.03. The Labute approximate surface area is 89.7 Å². The van der Waals surface area contributed by atoms with Gasteiger partial charge in [-0.25, -0.2) is 9.78 Å². The first-order chi connectivity index (χ1) is 6.68. The molecule has 0 atom stereocenters. The van der Waals surface area contributed by atoms with E-state index in [0.717, 1.165) is 23.4 Å². The topological polar surface area (TPSA) is 53.4 Å². The summed E-state index contributed by atoms with van der Waals surface area (Å²) in [5.41, 5.74) is 0.209. The van der Waals surface area contributed by atoms with E-state index in [2.05, 4.69) is 25.8 Å². The summed E-state index contributed by atoms with van der Waals surface area (Å²) in [7, 11) is 0. The van der Waals surface area contributed by atoms with Crippen LogP contribution in [0.25, 0.3) is 0 Å². The van der Waals surface area contributed by atoms with Crippen LogP contribution in [0.2, 0.25) is 0 Å². The summed E-state index contributed by atoms with van der Waals surface area (Å²) in [5.74, 6) is -0.116. The summed E-state index contributed by atoms with van der Waals surface area (Å²) >= 11 is 3.32. The highest BCUT2D eigenvalue weighted by Crippen LogP contribution is 2.27. The molecule has 0 saturated carbocycles. The van der Waals surface area contributed by atoms with Gasteiger partial charge in [-0.1, -0.05) is 0 Å². The first-order valence-electron chi connectivity index (χ1n) is 4.32. The molecule has 0 unspecified atom stereocenters. The zero-order chi connectivity index (χ0) is 10.1. The van der Waals surface area contributed by atoms with Crippen molar-refractivity contribution in [2.45, 2.75) is 6.42 Å². The molecule has 1 aromatic rings. The first-order valence-corrected chi connectivity index (χ1v) is 5.11. The van der Waals surface area contributed by atoms with Gasteiger partial charge in [0.25, 0.3) is 0 Å². The van der Waals surface area contributed by atoms with Crippen molar-refractivity contribution >= 4 is 27.7 Å². The van der Waals surface area contributed by atoms with Crippen molar-refractivity contribution in [1.29, 1.82) is 0 Å². The number of nitrogens with zero attached hydrogens (tertiary/aromatic N) is 2. The monoisotopic (exact) mass is 256 g/mol. The van der Waals surface area contributed by atoms with Gasteiger partial charge < -0.3 is 10.0 Å². The van der Waals surface area contributed by atoms with Gasteiger partial charge in [0, 0.05) is 19.3 Å². The van der Waals surface area contributed by atoms with Crippen LogP contribution in [0.15, 0.2) is 16.7 Å². The molecule has 2 rings (SSSR count). The van der Waals surface area contributed by atoms with Gasteiger partial charge in [-0.3, -0.25) is 0 Å². The molecule has 1 aliphatic rings. The number of pyridine rings is 1. The van der Waals surface area contributed by atoms with Crippen molar-refractivity contribution < 1.29 is 9.90 Å². The van der Waals surface area contributed by atoms with E-state index >= 15 is 0 Å². The van der Waals surface area contributed by atoms with Gasteiger partial charge in [-0.05, 0) is 28.4 Å². The van der Waals surface area contributed by atoms with E-state index in [1.807, 2.05) is 0 Å². The summed E-state index contributed by atoms with van der Waals surface area (Å²) in [4.78, 5) is 16.9. The highest BCUT2D eigenvalue weighted by molar-refractivity contribution is 9.10. The second kappa shape index (κ2) is 3.57. The van der Waals surface area contributed by atoms with E-state index in [-0.39, 0.29) is 5.56 Å². The van der Waals surface area contributed by atoms with Crippen molar-refractivity contribution in [2.24, 2.45) is 0 Å². The predicted molar refractivity (Wildman–Crippen MR) is 55.7 cm³/mol. The average Bonchev–Trinajstić information content (AvgIpc) is 2.04. The fraction of sp³-hybridized carbons (Fsp3) is 0.333. The Morgan fingerprint density at radius 1 is 1.57 bits per heavy atom. The van der Waals surface area contributed by atoms with E-state index < -0.39 is 5.97 Å². The molecule has 5 heteroatoms. The highest BCUT2D eigenvalue weighted by atomic mass is 79.9. The fourth-order valence-corrected chi connectivity index (χ4v) is 1.91. The number of halogens is 1. The maximum atomic E-state index is 10.6. The first kappa shape index (κ1) is 9.45. The number of rotatable bonds is 2. The Morgan fingerprint density at radius 3 is 2.71 bits per heavy atom. The molecule has 1 aromatic heterocycles. The van der Waals surface area contributed by atoms with E-state index in [0.29, 0.717) is 0 Å². The third-order valence-electron chi connectivity index (χ3n) is 2.22. The normalized spacial score (nSPS) is 15.1. The lowest BCUT2D eigenvalue weighted by molar-refractivity contribution is 0.0696. The van der Waals surface area contributed by atoms with Gasteiger partial charge in [-0.2, -0.15) is 0 Å². The molecule has 0 radical (unpaired) electrons. The molecule has 1 N–H and O–H groups in total. The van der Waals surface area contributed by atoms with Crippen molar-refractivity contribution in [3.8, 4) is 0 Å². The molecule has 1 saturated heterocycles. The van der Waals surface area contributed by atoms with E-state index in [1.165, 1.54) is 12.6 Å². The van der Waals surface area contributed by atoms with Crippen molar-refractivity contribution in [2.75, 3.05) is 18.0 Å². The van der Waals surface area contributed by atoms with Crippen molar-refractivity contribution in [3.63, 3.8) is 0 Å². The molecule has 0 amide bonds. The summed E-state index contributed by atoms with van der Waals surface area (Å²) in [6.07, 6.45) is 2.57. The standard InChI is InChI=1S/C9H9BrN2O2/c10-7-4-6(9(13)14)5-11-8(7)12-2-1-3-12/h4-5H,1-3H2,(H,13,14). The number of hydrogen-bond donors (Lipinski definition) is 1. The highest BCUT2D eigenvalue weighted by Gasteiger charge is 2.19. The molecule has 0 bridgehead atoms. The Bertz CT molecular complexity index is 377. The van der Waals surface area contributed by atoms with Gasteiger partial charge in [0.2, 0.25) is 0 Å². The SMILES string of the molecule is O=C(O)c1cnc(N2CCC2)c(Br)c1. The van der Waals surface area contributed by atoms with Crippen LogP contribution in [0.3, 0.4) is 0 Å². The smallest absolute Gasteiger partial charge is 0.337 e. The van der Waals surface area contributed by atoms with Crippen LogP contribution in [0, 0.1) is 0 Å². The second-order valence-electron chi connectivity index (χ2n) is 3.18. The molecular formula is C9H9BrN2O2.